The highest BCUT2D eigenvalue weighted by Crippen LogP contribution is 2.28. The lowest BCUT2D eigenvalue weighted by Crippen LogP contribution is -2.37. The van der Waals surface area contributed by atoms with Crippen LogP contribution in [0.15, 0.2) is 18.2 Å². The van der Waals surface area contributed by atoms with Crippen molar-refractivity contribution in [3.8, 4) is 0 Å². The van der Waals surface area contributed by atoms with Crippen LogP contribution in [0.2, 0.25) is 5.02 Å². The van der Waals surface area contributed by atoms with Gasteiger partial charge in [0.1, 0.15) is 0 Å². The molecule has 0 bridgehead atoms. The van der Waals surface area contributed by atoms with Gasteiger partial charge in [0.2, 0.25) is 5.91 Å². The molecule has 1 amide bonds. The standard InChI is InChI=1S/C15H24ClN3O/c1-4-18-8-12-13(16)6-5-7-14(12)19(9-11(2)3)10-15(17)20/h5-7,11,18H,4,8-10H2,1-3H3,(H2,17,20). The summed E-state index contributed by atoms with van der Waals surface area (Å²) in [6.07, 6.45) is 0. The van der Waals surface area contributed by atoms with Gasteiger partial charge in [0.15, 0.2) is 0 Å². The van der Waals surface area contributed by atoms with Gasteiger partial charge < -0.3 is 16.0 Å². The molecule has 1 aromatic rings. The Hall–Kier alpha value is -1.26. The average Bonchev–Trinajstić information content (AvgIpc) is 2.35. The Bertz CT molecular complexity index is 449. The maximum absolute atomic E-state index is 11.3. The van der Waals surface area contributed by atoms with Crippen molar-refractivity contribution in [3.05, 3.63) is 28.8 Å². The van der Waals surface area contributed by atoms with Crippen LogP contribution in [0.5, 0.6) is 0 Å². The van der Waals surface area contributed by atoms with E-state index in [1.807, 2.05) is 30.0 Å². The van der Waals surface area contributed by atoms with E-state index in [1.54, 1.807) is 0 Å². The minimum Gasteiger partial charge on any atom is -0.368 e. The highest BCUT2D eigenvalue weighted by molar-refractivity contribution is 6.31. The zero-order chi connectivity index (χ0) is 15.1. The van der Waals surface area contributed by atoms with Crippen molar-refractivity contribution in [2.24, 2.45) is 11.7 Å². The number of carbonyl (C=O) groups excluding carboxylic acids is 1. The summed E-state index contributed by atoms with van der Waals surface area (Å²) in [7, 11) is 0. The third kappa shape index (κ3) is 5.02. The molecule has 0 saturated carbocycles. The number of hydrogen-bond acceptors (Lipinski definition) is 3. The highest BCUT2D eigenvalue weighted by Gasteiger charge is 2.16. The first-order valence-electron chi connectivity index (χ1n) is 6.97. The van der Waals surface area contributed by atoms with Gasteiger partial charge in [0.25, 0.3) is 0 Å². The lowest BCUT2D eigenvalue weighted by atomic mass is 10.1. The highest BCUT2D eigenvalue weighted by atomic mass is 35.5. The van der Waals surface area contributed by atoms with Gasteiger partial charge in [-0.25, -0.2) is 0 Å². The fourth-order valence-electron chi connectivity index (χ4n) is 2.15. The zero-order valence-corrected chi connectivity index (χ0v) is 13.2. The Morgan fingerprint density at radius 3 is 2.70 bits per heavy atom. The number of carbonyl (C=O) groups is 1. The number of halogens is 1. The van der Waals surface area contributed by atoms with Gasteiger partial charge in [0.05, 0.1) is 6.54 Å². The average molecular weight is 298 g/mol. The molecule has 112 valence electrons. The predicted octanol–water partition coefficient (Wildman–Crippen LogP) is 2.40. The minimum absolute atomic E-state index is 0.206. The molecule has 0 aliphatic carbocycles. The third-order valence-corrected chi connectivity index (χ3v) is 3.27. The summed E-state index contributed by atoms with van der Waals surface area (Å²) in [6, 6.07) is 5.76. The summed E-state index contributed by atoms with van der Waals surface area (Å²) in [4.78, 5) is 13.3. The summed E-state index contributed by atoms with van der Waals surface area (Å²) >= 11 is 6.30. The molecular formula is C15H24ClN3O. The van der Waals surface area contributed by atoms with Gasteiger partial charge in [-0.3, -0.25) is 4.79 Å². The molecule has 20 heavy (non-hydrogen) atoms. The first kappa shape index (κ1) is 16.8. The third-order valence-electron chi connectivity index (χ3n) is 2.92. The molecule has 0 radical (unpaired) electrons. The number of nitrogens with zero attached hydrogens (tertiary/aromatic N) is 1. The molecule has 0 fully saturated rings. The number of rotatable bonds is 8. The van der Waals surface area contributed by atoms with Gasteiger partial charge in [-0.2, -0.15) is 0 Å². The Morgan fingerprint density at radius 2 is 2.15 bits per heavy atom. The molecule has 0 unspecified atom stereocenters. The zero-order valence-electron chi connectivity index (χ0n) is 12.4. The summed E-state index contributed by atoms with van der Waals surface area (Å²) in [5.74, 6) is 0.0975. The molecule has 1 rings (SSSR count). The van der Waals surface area contributed by atoms with Crippen LogP contribution in [0, 0.1) is 5.92 Å². The molecule has 4 nitrogen and oxygen atoms in total. The molecule has 0 heterocycles. The van der Waals surface area contributed by atoms with E-state index >= 15 is 0 Å². The van der Waals surface area contributed by atoms with Crippen LogP contribution in [-0.2, 0) is 11.3 Å². The van der Waals surface area contributed by atoms with Crippen molar-refractivity contribution in [1.82, 2.24) is 5.32 Å². The Morgan fingerprint density at radius 1 is 1.45 bits per heavy atom. The van der Waals surface area contributed by atoms with E-state index in [0.717, 1.165) is 24.3 Å². The second-order valence-corrected chi connectivity index (χ2v) is 5.67. The monoisotopic (exact) mass is 297 g/mol. The molecule has 0 aliphatic heterocycles. The van der Waals surface area contributed by atoms with Crippen LogP contribution in [-0.4, -0.2) is 25.5 Å². The summed E-state index contributed by atoms with van der Waals surface area (Å²) < 4.78 is 0. The molecule has 0 atom stereocenters. The van der Waals surface area contributed by atoms with Gasteiger partial charge >= 0.3 is 0 Å². The van der Waals surface area contributed by atoms with Crippen LogP contribution in [0.1, 0.15) is 26.3 Å². The number of nitrogens with two attached hydrogens (primary N) is 1. The van der Waals surface area contributed by atoms with Crippen molar-refractivity contribution in [3.63, 3.8) is 0 Å². The summed E-state index contributed by atoms with van der Waals surface area (Å²) in [6.45, 7) is 8.79. The van der Waals surface area contributed by atoms with Crippen molar-refractivity contribution in [2.45, 2.75) is 27.3 Å². The molecule has 0 aliphatic rings. The number of anilines is 1. The predicted molar refractivity (Wildman–Crippen MR) is 85.1 cm³/mol. The quantitative estimate of drug-likeness (QED) is 0.774. The second kappa shape index (κ2) is 8.12. The first-order chi connectivity index (χ1) is 9.45. The van der Waals surface area contributed by atoms with Gasteiger partial charge in [-0.05, 0) is 24.6 Å². The van der Waals surface area contributed by atoms with E-state index in [1.165, 1.54) is 0 Å². The number of hydrogen-bond donors (Lipinski definition) is 2. The van der Waals surface area contributed by atoms with Crippen molar-refractivity contribution in [1.29, 1.82) is 0 Å². The van der Waals surface area contributed by atoms with E-state index in [0.29, 0.717) is 17.5 Å². The normalized spacial score (nSPS) is 10.8. The van der Waals surface area contributed by atoms with Gasteiger partial charge in [-0.1, -0.05) is 38.4 Å². The number of nitrogens with one attached hydrogen (secondary N) is 1. The van der Waals surface area contributed by atoms with E-state index in [-0.39, 0.29) is 12.5 Å². The Kier molecular flexibility index (Phi) is 6.82. The second-order valence-electron chi connectivity index (χ2n) is 5.26. The first-order valence-corrected chi connectivity index (χ1v) is 7.34. The Balaban J connectivity index is 3.10. The smallest absolute Gasteiger partial charge is 0.236 e. The Labute approximate surface area is 126 Å². The fourth-order valence-corrected chi connectivity index (χ4v) is 2.38. The maximum atomic E-state index is 11.3. The molecule has 0 saturated heterocycles. The van der Waals surface area contributed by atoms with Crippen LogP contribution in [0.4, 0.5) is 5.69 Å². The number of amides is 1. The number of primary amides is 1. The molecular weight excluding hydrogens is 274 g/mol. The van der Waals surface area contributed by atoms with E-state index in [9.17, 15) is 4.79 Å². The summed E-state index contributed by atoms with van der Waals surface area (Å²) in [5, 5.41) is 3.99. The molecule has 0 spiro atoms. The van der Waals surface area contributed by atoms with Gasteiger partial charge in [-0.15, -0.1) is 0 Å². The van der Waals surface area contributed by atoms with Gasteiger partial charge in [0, 0.05) is 29.4 Å². The molecule has 1 aromatic carbocycles. The molecule has 0 aromatic heterocycles. The lowest BCUT2D eigenvalue weighted by Gasteiger charge is -2.28. The molecule has 5 heteroatoms. The SMILES string of the molecule is CCNCc1c(Cl)cccc1N(CC(N)=O)CC(C)C. The van der Waals surface area contributed by atoms with E-state index in [2.05, 4.69) is 19.2 Å². The molecule has 3 N–H and O–H groups in total. The fraction of sp³-hybridized carbons (Fsp3) is 0.533. The van der Waals surface area contributed by atoms with Crippen molar-refractivity contribution in [2.75, 3.05) is 24.5 Å². The van der Waals surface area contributed by atoms with Crippen molar-refractivity contribution < 1.29 is 4.79 Å². The van der Waals surface area contributed by atoms with Crippen LogP contribution in [0.25, 0.3) is 0 Å². The van der Waals surface area contributed by atoms with Crippen LogP contribution in [0.3, 0.4) is 0 Å². The van der Waals surface area contributed by atoms with Crippen LogP contribution >= 0.6 is 11.6 Å². The number of benzene rings is 1. The minimum atomic E-state index is -0.333. The largest absolute Gasteiger partial charge is 0.368 e. The van der Waals surface area contributed by atoms with E-state index < -0.39 is 0 Å². The lowest BCUT2D eigenvalue weighted by molar-refractivity contribution is -0.116. The van der Waals surface area contributed by atoms with E-state index in [4.69, 9.17) is 17.3 Å². The van der Waals surface area contributed by atoms with Crippen LogP contribution < -0.4 is 16.0 Å². The topological polar surface area (TPSA) is 58.4 Å². The van der Waals surface area contributed by atoms with Crippen molar-refractivity contribution >= 4 is 23.2 Å². The maximum Gasteiger partial charge on any atom is 0.236 e. The summed E-state index contributed by atoms with van der Waals surface area (Å²) in [5.41, 5.74) is 7.36.